The van der Waals surface area contributed by atoms with E-state index in [4.69, 9.17) is 0 Å². The molecule has 3 aromatic rings. The fourth-order valence-electron chi connectivity index (χ4n) is 4.31. The predicted octanol–water partition coefficient (Wildman–Crippen LogP) is 4.52. The summed E-state index contributed by atoms with van der Waals surface area (Å²) < 4.78 is 42.2. The Bertz CT molecular complexity index is 1510. The minimum Gasteiger partial charge on any atom is -0.386 e. The van der Waals surface area contributed by atoms with E-state index in [1.165, 1.54) is 6.92 Å². The maximum absolute atomic E-state index is 13.5. The van der Waals surface area contributed by atoms with Gasteiger partial charge < -0.3 is 26.0 Å². The number of hydrogen-bond donors (Lipinski definition) is 4. The summed E-state index contributed by atoms with van der Waals surface area (Å²) in [5, 5.41) is 11.0. The Labute approximate surface area is 279 Å². The van der Waals surface area contributed by atoms with E-state index in [2.05, 4.69) is 31.0 Å². The molecule has 1 unspecified atom stereocenters. The number of nitrogens with one attached hydrogen (secondary N) is 4. The van der Waals surface area contributed by atoms with Crippen LogP contribution in [0.1, 0.15) is 44.2 Å². The molecular weight excluding hydrogens is 651 g/mol. The lowest BCUT2D eigenvalue weighted by molar-refractivity contribution is -0.202. The summed E-state index contributed by atoms with van der Waals surface area (Å²) in [7, 11) is 0. The van der Waals surface area contributed by atoms with Crippen LogP contribution in [0.2, 0.25) is 0 Å². The van der Waals surface area contributed by atoms with Crippen molar-refractivity contribution in [2.45, 2.75) is 50.9 Å². The van der Waals surface area contributed by atoms with Crippen molar-refractivity contribution in [2.75, 3.05) is 23.5 Å². The zero-order chi connectivity index (χ0) is 34.9. The number of esters is 2. The molecule has 256 valence electrons. The monoisotopic (exact) mass is 687 g/mol. The standard InChI is InChI=1S/C33H36F3N5O6S/c1-22(42)39-21-48-20-27(40-29(43)12-6-8-18-38-28-11-5-7-17-37-28)31(45)41-26(19-30(44)47-32(46)33(34,35)36)25-15-13-24(14-16-25)23-9-3-2-4-10-23/h2-5,7,9-11,13-17,26-27H,6,8,12,18-21H2,1H3,(H,37,38)(H,39,42)(H,40,43)(H,41,45)/t26?,27-/m1/s1. The summed E-state index contributed by atoms with van der Waals surface area (Å²) >= 11 is 1.15. The molecule has 48 heavy (non-hydrogen) atoms. The Morgan fingerprint density at radius 1 is 0.875 bits per heavy atom. The first kappa shape index (κ1) is 37.5. The fourth-order valence-corrected chi connectivity index (χ4v) is 5.20. The van der Waals surface area contributed by atoms with Gasteiger partial charge in [0.05, 0.1) is 18.3 Å². The minimum absolute atomic E-state index is 0.0236. The van der Waals surface area contributed by atoms with Crippen molar-refractivity contribution in [3.63, 3.8) is 0 Å². The molecule has 1 aromatic heterocycles. The Morgan fingerprint density at radius 2 is 1.56 bits per heavy atom. The maximum atomic E-state index is 13.5. The van der Waals surface area contributed by atoms with Crippen LogP contribution in [-0.2, 0) is 28.7 Å². The van der Waals surface area contributed by atoms with E-state index in [9.17, 15) is 37.1 Å². The molecule has 4 N–H and O–H groups in total. The number of carbonyl (C=O) groups is 5. The number of amides is 3. The SMILES string of the molecule is CC(=O)NCSC[C@@H](NC(=O)CCCCNc1ccccn1)C(=O)NC(CC(=O)OC(=O)C(F)(F)F)c1ccc(-c2ccccc2)cc1. The van der Waals surface area contributed by atoms with Gasteiger partial charge in [0.15, 0.2) is 0 Å². The zero-order valence-corrected chi connectivity index (χ0v) is 26.9. The van der Waals surface area contributed by atoms with Crippen LogP contribution in [0.15, 0.2) is 79.0 Å². The third-order valence-corrected chi connectivity index (χ3v) is 7.62. The quantitative estimate of drug-likeness (QED) is 0.0694. The Morgan fingerprint density at radius 3 is 2.21 bits per heavy atom. The van der Waals surface area contributed by atoms with Gasteiger partial charge in [-0.25, -0.2) is 9.78 Å². The van der Waals surface area contributed by atoms with Crippen molar-refractivity contribution in [1.82, 2.24) is 20.9 Å². The van der Waals surface area contributed by atoms with Crippen LogP contribution >= 0.6 is 11.8 Å². The second kappa shape index (κ2) is 19.0. The fraction of sp³-hybridized carbons (Fsp3) is 0.333. The molecule has 0 aliphatic heterocycles. The van der Waals surface area contributed by atoms with Gasteiger partial charge in [-0.3, -0.25) is 19.2 Å². The summed E-state index contributed by atoms with van der Waals surface area (Å²) in [6.07, 6.45) is -3.31. The van der Waals surface area contributed by atoms with Gasteiger partial charge in [-0.2, -0.15) is 13.2 Å². The number of benzene rings is 2. The highest BCUT2D eigenvalue weighted by molar-refractivity contribution is 7.99. The van der Waals surface area contributed by atoms with Crippen molar-refractivity contribution in [2.24, 2.45) is 0 Å². The molecule has 0 saturated carbocycles. The molecule has 0 aliphatic rings. The van der Waals surface area contributed by atoms with Gasteiger partial charge in [0.2, 0.25) is 17.7 Å². The first-order valence-electron chi connectivity index (χ1n) is 15.0. The first-order chi connectivity index (χ1) is 22.9. The summed E-state index contributed by atoms with van der Waals surface area (Å²) in [4.78, 5) is 65.5. The highest BCUT2D eigenvalue weighted by Gasteiger charge is 2.42. The van der Waals surface area contributed by atoms with E-state index < -0.39 is 48.4 Å². The summed E-state index contributed by atoms with van der Waals surface area (Å²) in [6.45, 7) is 1.89. The van der Waals surface area contributed by atoms with Crippen molar-refractivity contribution < 1.29 is 41.9 Å². The molecule has 0 spiro atoms. The number of rotatable bonds is 17. The predicted molar refractivity (Wildman–Crippen MR) is 174 cm³/mol. The summed E-state index contributed by atoms with van der Waals surface area (Å²) in [6, 6.07) is 19.0. The van der Waals surface area contributed by atoms with E-state index in [0.29, 0.717) is 30.8 Å². The molecule has 1 heterocycles. The number of alkyl halides is 3. The molecule has 0 fully saturated rings. The van der Waals surface area contributed by atoms with Crippen LogP contribution in [0.4, 0.5) is 19.0 Å². The topological polar surface area (TPSA) is 156 Å². The van der Waals surface area contributed by atoms with Crippen LogP contribution in [-0.4, -0.2) is 65.0 Å². The second-order valence-electron chi connectivity index (χ2n) is 10.5. The first-order valence-corrected chi connectivity index (χ1v) is 16.1. The van der Waals surface area contributed by atoms with Gasteiger partial charge in [0.1, 0.15) is 11.9 Å². The van der Waals surface area contributed by atoms with Gasteiger partial charge >= 0.3 is 18.1 Å². The molecule has 3 rings (SSSR count). The molecule has 11 nitrogen and oxygen atoms in total. The van der Waals surface area contributed by atoms with Crippen molar-refractivity contribution in [1.29, 1.82) is 0 Å². The molecule has 3 amide bonds. The van der Waals surface area contributed by atoms with E-state index in [0.717, 1.165) is 22.9 Å². The number of hydrogen-bond acceptors (Lipinski definition) is 9. The van der Waals surface area contributed by atoms with Gasteiger partial charge in [0, 0.05) is 31.8 Å². The van der Waals surface area contributed by atoms with Crippen molar-refractivity contribution in [3.8, 4) is 11.1 Å². The van der Waals surface area contributed by atoms with Gasteiger partial charge in [0.25, 0.3) is 0 Å². The highest BCUT2D eigenvalue weighted by atomic mass is 32.2. The molecule has 2 atom stereocenters. The summed E-state index contributed by atoms with van der Waals surface area (Å²) in [5.41, 5.74) is 2.02. The smallest absolute Gasteiger partial charge is 0.386 e. The number of anilines is 1. The molecular formula is C33H36F3N5O6S. The van der Waals surface area contributed by atoms with E-state index in [-0.39, 0.29) is 24.0 Å². The van der Waals surface area contributed by atoms with Crippen LogP contribution in [0.5, 0.6) is 0 Å². The molecule has 0 bridgehead atoms. The Kier molecular flexibility index (Phi) is 14.9. The van der Waals surface area contributed by atoms with Crippen molar-refractivity contribution in [3.05, 3.63) is 84.6 Å². The lowest BCUT2D eigenvalue weighted by atomic mass is 9.99. The number of nitrogens with zero attached hydrogens (tertiary/aromatic N) is 1. The number of unbranched alkanes of at least 4 members (excludes halogenated alkanes) is 1. The highest BCUT2D eigenvalue weighted by Crippen LogP contribution is 2.25. The van der Waals surface area contributed by atoms with E-state index in [1.807, 2.05) is 42.5 Å². The number of halogens is 3. The molecule has 0 saturated heterocycles. The van der Waals surface area contributed by atoms with Crippen LogP contribution in [0.3, 0.4) is 0 Å². The number of ether oxygens (including phenoxy) is 1. The molecule has 2 aromatic carbocycles. The van der Waals surface area contributed by atoms with E-state index >= 15 is 0 Å². The zero-order valence-electron chi connectivity index (χ0n) is 26.0. The molecule has 0 radical (unpaired) electrons. The van der Waals surface area contributed by atoms with Gasteiger partial charge in [-0.15, -0.1) is 11.8 Å². The lowest BCUT2D eigenvalue weighted by Crippen LogP contribution is -2.49. The Hall–Kier alpha value is -4.92. The number of pyridine rings is 1. The van der Waals surface area contributed by atoms with Crippen LogP contribution in [0.25, 0.3) is 11.1 Å². The average molecular weight is 688 g/mol. The third kappa shape index (κ3) is 13.4. The number of thioether (sulfide) groups is 1. The molecule has 0 aliphatic carbocycles. The van der Waals surface area contributed by atoms with Crippen LogP contribution < -0.4 is 21.3 Å². The second-order valence-corrected chi connectivity index (χ2v) is 11.5. The van der Waals surface area contributed by atoms with E-state index in [1.54, 1.807) is 36.5 Å². The normalized spacial score (nSPS) is 12.2. The number of aromatic nitrogens is 1. The average Bonchev–Trinajstić information content (AvgIpc) is 3.06. The summed E-state index contributed by atoms with van der Waals surface area (Å²) in [5.74, 6) is -4.76. The Balaban J connectivity index is 1.71. The van der Waals surface area contributed by atoms with Gasteiger partial charge in [-0.1, -0.05) is 60.7 Å². The van der Waals surface area contributed by atoms with Crippen LogP contribution in [0, 0.1) is 0 Å². The largest absolute Gasteiger partial charge is 0.491 e. The maximum Gasteiger partial charge on any atom is 0.491 e. The lowest BCUT2D eigenvalue weighted by Gasteiger charge is -2.24. The third-order valence-electron chi connectivity index (χ3n) is 6.71. The number of carbonyl (C=O) groups excluding carboxylic acids is 5. The molecule has 15 heteroatoms. The van der Waals surface area contributed by atoms with Crippen molar-refractivity contribution >= 4 is 47.2 Å². The minimum atomic E-state index is -5.39. The van der Waals surface area contributed by atoms with Gasteiger partial charge in [-0.05, 0) is 41.7 Å².